The Morgan fingerprint density at radius 2 is 2.19 bits per heavy atom. The molecule has 1 fully saturated rings. The SMILES string of the molecule is COC[C@H]1CCCCN1C(=O)c1cc(COc2ccc(F)cc2F)[nH]n1. The lowest BCUT2D eigenvalue weighted by atomic mass is 10.0. The highest BCUT2D eigenvalue weighted by atomic mass is 19.1. The third-order valence-electron chi connectivity index (χ3n) is 4.37. The third-order valence-corrected chi connectivity index (χ3v) is 4.37. The summed E-state index contributed by atoms with van der Waals surface area (Å²) in [5, 5.41) is 6.77. The zero-order valence-electron chi connectivity index (χ0n) is 14.5. The predicted molar refractivity (Wildman–Crippen MR) is 89.8 cm³/mol. The van der Waals surface area contributed by atoms with E-state index >= 15 is 0 Å². The summed E-state index contributed by atoms with van der Waals surface area (Å²) >= 11 is 0. The van der Waals surface area contributed by atoms with Gasteiger partial charge in [0.25, 0.3) is 5.91 Å². The van der Waals surface area contributed by atoms with Crippen LogP contribution in [0.25, 0.3) is 0 Å². The first-order valence-corrected chi connectivity index (χ1v) is 8.50. The Morgan fingerprint density at radius 3 is 2.96 bits per heavy atom. The van der Waals surface area contributed by atoms with Crippen molar-refractivity contribution in [2.45, 2.75) is 31.9 Å². The van der Waals surface area contributed by atoms with E-state index in [1.54, 1.807) is 18.1 Å². The first-order chi connectivity index (χ1) is 12.6. The largest absolute Gasteiger partial charge is 0.484 e. The number of aromatic nitrogens is 2. The van der Waals surface area contributed by atoms with E-state index in [1.165, 1.54) is 6.07 Å². The summed E-state index contributed by atoms with van der Waals surface area (Å²) in [6, 6.07) is 4.72. The number of rotatable bonds is 6. The van der Waals surface area contributed by atoms with Gasteiger partial charge in [0, 0.05) is 19.7 Å². The second-order valence-corrected chi connectivity index (χ2v) is 6.25. The van der Waals surface area contributed by atoms with Crippen molar-refractivity contribution in [2.24, 2.45) is 0 Å². The number of benzene rings is 1. The maximum absolute atomic E-state index is 13.6. The molecule has 2 heterocycles. The molecule has 0 aliphatic carbocycles. The molecule has 1 aliphatic rings. The number of methoxy groups -OCH3 is 1. The van der Waals surface area contributed by atoms with Gasteiger partial charge in [-0.2, -0.15) is 5.10 Å². The van der Waals surface area contributed by atoms with Crippen molar-refractivity contribution < 1.29 is 23.0 Å². The van der Waals surface area contributed by atoms with Crippen molar-refractivity contribution >= 4 is 5.91 Å². The number of H-pyrrole nitrogens is 1. The fraction of sp³-hybridized carbons (Fsp3) is 0.444. The number of aromatic amines is 1. The monoisotopic (exact) mass is 365 g/mol. The third kappa shape index (κ3) is 4.19. The molecule has 1 N–H and O–H groups in total. The van der Waals surface area contributed by atoms with Gasteiger partial charge in [0.15, 0.2) is 17.3 Å². The molecule has 0 bridgehead atoms. The molecule has 140 valence electrons. The van der Waals surface area contributed by atoms with E-state index in [-0.39, 0.29) is 30.0 Å². The van der Waals surface area contributed by atoms with Gasteiger partial charge in [-0.3, -0.25) is 9.89 Å². The first kappa shape index (κ1) is 18.3. The number of hydrogen-bond acceptors (Lipinski definition) is 4. The van der Waals surface area contributed by atoms with Crippen LogP contribution in [0.3, 0.4) is 0 Å². The maximum Gasteiger partial charge on any atom is 0.274 e. The molecule has 1 aliphatic heterocycles. The number of amides is 1. The van der Waals surface area contributed by atoms with Gasteiger partial charge >= 0.3 is 0 Å². The fourth-order valence-corrected chi connectivity index (χ4v) is 3.07. The molecule has 0 spiro atoms. The van der Waals surface area contributed by atoms with Gasteiger partial charge in [-0.05, 0) is 37.5 Å². The van der Waals surface area contributed by atoms with Crippen molar-refractivity contribution in [3.05, 3.63) is 47.3 Å². The number of ether oxygens (including phenoxy) is 2. The van der Waals surface area contributed by atoms with Crippen molar-refractivity contribution in [1.29, 1.82) is 0 Å². The highest BCUT2D eigenvalue weighted by Crippen LogP contribution is 2.21. The zero-order valence-corrected chi connectivity index (χ0v) is 14.5. The number of hydrogen-bond donors (Lipinski definition) is 1. The second kappa shape index (κ2) is 8.27. The molecule has 2 aromatic rings. The van der Waals surface area contributed by atoms with Gasteiger partial charge in [0.1, 0.15) is 12.4 Å². The molecule has 6 nitrogen and oxygen atoms in total. The van der Waals surface area contributed by atoms with Crippen LogP contribution >= 0.6 is 0 Å². The average Bonchev–Trinajstić information content (AvgIpc) is 3.10. The quantitative estimate of drug-likeness (QED) is 0.855. The lowest BCUT2D eigenvalue weighted by Gasteiger charge is -2.34. The number of halogens is 2. The van der Waals surface area contributed by atoms with Crippen LogP contribution in [0.4, 0.5) is 8.78 Å². The van der Waals surface area contributed by atoms with Gasteiger partial charge < -0.3 is 14.4 Å². The Labute approximate surface area is 150 Å². The summed E-state index contributed by atoms with van der Waals surface area (Å²) in [7, 11) is 1.62. The van der Waals surface area contributed by atoms with E-state index in [0.29, 0.717) is 18.8 Å². The molecule has 0 saturated carbocycles. The lowest BCUT2D eigenvalue weighted by molar-refractivity contribution is 0.0423. The molecule has 1 saturated heterocycles. The van der Waals surface area contributed by atoms with Crippen molar-refractivity contribution in [3.8, 4) is 5.75 Å². The maximum atomic E-state index is 13.6. The Morgan fingerprint density at radius 1 is 1.35 bits per heavy atom. The Bertz CT molecular complexity index is 764. The smallest absolute Gasteiger partial charge is 0.274 e. The molecule has 1 aromatic heterocycles. The molecule has 1 atom stereocenters. The summed E-state index contributed by atoms with van der Waals surface area (Å²) in [5.74, 6) is -1.68. The molecule has 1 aromatic carbocycles. The lowest BCUT2D eigenvalue weighted by Crippen LogP contribution is -2.46. The van der Waals surface area contributed by atoms with E-state index in [0.717, 1.165) is 31.4 Å². The van der Waals surface area contributed by atoms with Crippen LogP contribution in [0.1, 0.15) is 35.4 Å². The summed E-state index contributed by atoms with van der Waals surface area (Å²) in [4.78, 5) is 14.5. The van der Waals surface area contributed by atoms with E-state index < -0.39 is 11.6 Å². The molecule has 0 radical (unpaired) electrons. The molecule has 8 heteroatoms. The van der Waals surface area contributed by atoms with Gasteiger partial charge in [0.05, 0.1) is 18.3 Å². The summed E-state index contributed by atoms with van der Waals surface area (Å²) in [6.45, 7) is 1.16. The predicted octanol–water partition coefficient (Wildman–Crippen LogP) is 2.91. The minimum Gasteiger partial charge on any atom is -0.484 e. The molecule has 1 amide bonds. The van der Waals surface area contributed by atoms with Crippen LogP contribution in [0, 0.1) is 11.6 Å². The molecule has 3 rings (SSSR count). The number of carbonyl (C=O) groups excluding carboxylic acids is 1. The summed E-state index contributed by atoms with van der Waals surface area (Å²) in [6.07, 6.45) is 2.93. The fourth-order valence-electron chi connectivity index (χ4n) is 3.07. The van der Waals surface area contributed by atoms with E-state index in [1.807, 2.05) is 0 Å². The number of piperidine rings is 1. The molecule has 0 unspecified atom stereocenters. The van der Waals surface area contributed by atoms with Crippen LogP contribution in [0.2, 0.25) is 0 Å². The number of likely N-dealkylation sites (tertiary alicyclic amines) is 1. The zero-order chi connectivity index (χ0) is 18.5. The number of nitrogens with one attached hydrogen (secondary N) is 1. The average molecular weight is 365 g/mol. The van der Waals surface area contributed by atoms with Crippen molar-refractivity contribution in [1.82, 2.24) is 15.1 Å². The summed E-state index contributed by atoms with van der Waals surface area (Å²) < 4.78 is 37.0. The number of carbonyl (C=O) groups is 1. The van der Waals surface area contributed by atoms with Crippen LogP contribution < -0.4 is 4.74 Å². The summed E-state index contributed by atoms with van der Waals surface area (Å²) in [5.41, 5.74) is 0.809. The van der Waals surface area contributed by atoms with Gasteiger partial charge in [-0.15, -0.1) is 0 Å². The first-order valence-electron chi connectivity index (χ1n) is 8.50. The highest BCUT2D eigenvalue weighted by molar-refractivity contribution is 5.92. The van der Waals surface area contributed by atoms with Crippen molar-refractivity contribution in [2.75, 3.05) is 20.3 Å². The number of nitrogens with zero attached hydrogens (tertiary/aromatic N) is 2. The van der Waals surface area contributed by atoms with Crippen LogP contribution in [-0.4, -0.2) is 47.3 Å². The molecular weight excluding hydrogens is 344 g/mol. The molecular formula is C18H21F2N3O3. The van der Waals surface area contributed by atoms with Crippen LogP contribution in [0.5, 0.6) is 5.75 Å². The van der Waals surface area contributed by atoms with E-state index in [2.05, 4.69) is 10.2 Å². The standard InChI is InChI=1S/C18H21F2N3O3/c1-25-11-14-4-2-3-7-23(14)18(24)16-9-13(21-22-16)10-26-17-6-5-12(19)8-15(17)20/h5-6,8-9,14H,2-4,7,10-11H2,1H3,(H,21,22)/t14-/m1/s1. The van der Waals surface area contributed by atoms with E-state index in [4.69, 9.17) is 9.47 Å². The van der Waals surface area contributed by atoms with Gasteiger partial charge in [0.2, 0.25) is 0 Å². The van der Waals surface area contributed by atoms with E-state index in [9.17, 15) is 13.6 Å². The normalized spacial score (nSPS) is 17.3. The Kier molecular flexibility index (Phi) is 5.82. The van der Waals surface area contributed by atoms with Gasteiger partial charge in [-0.1, -0.05) is 0 Å². The van der Waals surface area contributed by atoms with Gasteiger partial charge in [-0.25, -0.2) is 8.78 Å². The minimum atomic E-state index is -0.781. The van der Waals surface area contributed by atoms with Crippen molar-refractivity contribution in [3.63, 3.8) is 0 Å². The van der Waals surface area contributed by atoms with Crippen LogP contribution in [-0.2, 0) is 11.3 Å². The minimum absolute atomic E-state index is 0.00959. The Hall–Kier alpha value is -2.48. The van der Waals surface area contributed by atoms with Crippen LogP contribution in [0.15, 0.2) is 24.3 Å². The Balaban J connectivity index is 1.64. The molecule has 26 heavy (non-hydrogen) atoms. The second-order valence-electron chi connectivity index (χ2n) is 6.25. The topological polar surface area (TPSA) is 67.4 Å². The highest BCUT2D eigenvalue weighted by Gasteiger charge is 2.28.